The van der Waals surface area contributed by atoms with Crippen LogP contribution in [-0.2, 0) is 10.0 Å². The highest BCUT2D eigenvalue weighted by molar-refractivity contribution is 7.92. The van der Waals surface area contributed by atoms with Gasteiger partial charge in [0.2, 0.25) is 5.88 Å². The molecule has 0 fully saturated rings. The van der Waals surface area contributed by atoms with Gasteiger partial charge < -0.3 is 14.8 Å². The Morgan fingerprint density at radius 3 is 2.34 bits per heavy atom. The summed E-state index contributed by atoms with van der Waals surface area (Å²) in [5, 5.41) is 2.75. The Labute approximate surface area is 203 Å². The summed E-state index contributed by atoms with van der Waals surface area (Å²) in [7, 11) is -0.927. The summed E-state index contributed by atoms with van der Waals surface area (Å²) >= 11 is 0. The van der Waals surface area contributed by atoms with E-state index in [9.17, 15) is 13.2 Å². The fourth-order valence-electron chi connectivity index (χ4n) is 3.25. The van der Waals surface area contributed by atoms with E-state index in [1.54, 1.807) is 54.7 Å². The van der Waals surface area contributed by atoms with Gasteiger partial charge in [-0.25, -0.2) is 13.4 Å². The standard InChI is InChI=1S/C26H23N3O5S/c1-29(20-13-15-21(33-2)16-14-20)35(31,32)23-11-6-8-19(18-23)25(30)28-24-12-7-17-27-26(24)34-22-9-4-3-5-10-22/h3-18H,1-2H3,(H,28,30). The lowest BCUT2D eigenvalue weighted by Gasteiger charge is -2.20. The Balaban J connectivity index is 1.56. The van der Waals surface area contributed by atoms with E-state index in [-0.39, 0.29) is 16.3 Å². The van der Waals surface area contributed by atoms with Gasteiger partial charge in [0.05, 0.1) is 17.7 Å². The summed E-state index contributed by atoms with van der Waals surface area (Å²) in [5.74, 6) is 0.899. The topological polar surface area (TPSA) is 97.8 Å². The third-order valence-corrected chi connectivity index (χ3v) is 6.95. The average Bonchev–Trinajstić information content (AvgIpc) is 2.90. The molecule has 35 heavy (non-hydrogen) atoms. The van der Waals surface area contributed by atoms with Crippen LogP contribution in [0.2, 0.25) is 0 Å². The van der Waals surface area contributed by atoms with Gasteiger partial charge >= 0.3 is 0 Å². The summed E-state index contributed by atoms with van der Waals surface area (Å²) in [5.41, 5.74) is 0.979. The normalized spacial score (nSPS) is 10.9. The van der Waals surface area contributed by atoms with Crippen molar-refractivity contribution in [1.82, 2.24) is 4.98 Å². The molecule has 3 aromatic carbocycles. The van der Waals surface area contributed by atoms with E-state index in [0.717, 1.165) is 4.31 Å². The molecule has 4 rings (SSSR count). The molecule has 4 aromatic rings. The molecule has 0 radical (unpaired) electrons. The maximum atomic E-state index is 13.2. The number of aromatic nitrogens is 1. The summed E-state index contributed by atoms with van der Waals surface area (Å²) in [6.07, 6.45) is 1.55. The number of nitrogens with one attached hydrogen (secondary N) is 1. The predicted octanol–water partition coefficient (Wildman–Crippen LogP) is 4.96. The number of para-hydroxylation sites is 1. The molecule has 0 unspecified atom stereocenters. The van der Waals surface area contributed by atoms with Crippen LogP contribution in [0, 0.1) is 0 Å². The molecule has 0 aliphatic carbocycles. The van der Waals surface area contributed by atoms with Crippen LogP contribution in [0.15, 0.2) is 102 Å². The molecule has 9 heteroatoms. The first kappa shape index (κ1) is 23.8. The number of amides is 1. The van der Waals surface area contributed by atoms with Crippen LogP contribution in [0.25, 0.3) is 0 Å². The van der Waals surface area contributed by atoms with Crippen molar-refractivity contribution in [3.63, 3.8) is 0 Å². The van der Waals surface area contributed by atoms with E-state index in [2.05, 4.69) is 10.3 Å². The number of hydrogen-bond donors (Lipinski definition) is 1. The second kappa shape index (κ2) is 10.3. The molecule has 0 saturated carbocycles. The zero-order valence-corrected chi connectivity index (χ0v) is 19.9. The lowest BCUT2D eigenvalue weighted by Crippen LogP contribution is -2.26. The SMILES string of the molecule is COc1ccc(N(C)S(=O)(=O)c2cccc(C(=O)Nc3cccnc3Oc3ccccc3)c2)cc1. The minimum atomic E-state index is -3.91. The lowest BCUT2D eigenvalue weighted by molar-refractivity contribution is 0.102. The number of nitrogens with zero attached hydrogens (tertiary/aromatic N) is 2. The van der Waals surface area contributed by atoms with Crippen molar-refractivity contribution in [2.24, 2.45) is 0 Å². The average molecular weight is 490 g/mol. The molecule has 0 aliphatic heterocycles. The first-order valence-corrected chi connectivity index (χ1v) is 12.0. The van der Waals surface area contributed by atoms with Crippen molar-refractivity contribution in [1.29, 1.82) is 0 Å². The summed E-state index contributed by atoms with van der Waals surface area (Å²) in [6.45, 7) is 0. The first-order valence-electron chi connectivity index (χ1n) is 10.6. The maximum Gasteiger partial charge on any atom is 0.264 e. The van der Waals surface area contributed by atoms with Crippen LogP contribution in [0.5, 0.6) is 17.4 Å². The minimum Gasteiger partial charge on any atom is -0.497 e. The largest absolute Gasteiger partial charge is 0.497 e. The van der Waals surface area contributed by atoms with E-state index in [1.807, 2.05) is 18.2 Å². The van der Waals surface area contributed by atoms with Crippen molar-refractivity contribution in [3.8, 4) is 17.4 Å². The number of rotatable bonds is 8. The zero-order valence-electron chi connectivity index (χ0n) is 19.1. The highest BCUT2D eigenvalue weighted by Gasteiger charge is 2.23. The predicted molar refractivity (Wildman–Crippen MR) is 134 cm³/mol. The lowest BCUT2D eigenvalue weighted by atomic mass is 10.2. The Hall–Kier alpha value is -4.37. The van der Waals surface area contributed by atoms with E-state index >= 15 is 0 Å². The van der Waals surface area contributed by atoms with Crippen LogP contribution in [0.3, 0.4) is 0 Å². The number of carbonyl (C=O) groups is 1. The third-order valence-electron chi connectivity index (χ3n) is 5.17. The highest BCUT2D eigenvalue weighted by atomic mass is 32.2. The summed E-state index contributed by atoms with van der Waals surface area (Å²) < 4.78 is 38.5. The van der Waals surface area contributed by atoms with Crippen molar-refractivity contribution < 1.29 is 22.7 Å². The second-order valence-corrected chi connectivity index (χ2v) is 9.39. The summed E-state index contributed by atoms with van der Waals surface area (Å²) in [4.78, 5) is 17.2. The number of methoxy groups -OCH3 is 1. The molecule has 1 N–H and O–H groups in total. The van der Waals surface area contributed by atoms with Gasteiger partial charge in [-0.15, -0.1) is 0 Å². The molecule has 1 aromatic heterocycles. The van der Waals surface area contributed by atoms with Crippen LogP contribution in [-0.4, -0.2) is 33.5 Å². The number of sulfonamides is 1. The molecule has 1 heterocycles. The molecule has 178 valence electrons. The summed E-state index contributed by atoms with van der Waals surface area (Å²) in [6, 6.07) is 24.8. The van der Waals surface area contributed by atoms with Crippen molar-refractivity contribution in [3.05, 3.63) is 103 Å². The Morgan fingerprint density at radius 2 is 1.63 bits per heavy atom. The number of benzene rings is 3. The van der Waals surface area contributed by atoms with Gasteiger partial charge in [0.1, 0.15) is 17.2 Å². The van der Waals surface area contributed by atoms with E-state index in [1.165, 1.54) is 38.4 Å². The highest BCUT2D eigenvalue weighted by Crippen LogP contribution is 2.28. The Bertz CT molecular complexity index is 1430. The van der Waals surface area contributed by atoms with Gasteiger partial charge in [0.15, 0.2) is 0 Å². The van der Waals surface area contributed by atoms with Gasteiger partial charge in [-0.3, -0.25) is 9.10 Å². The number of hydrogen-bond acceptors (Lipinski definition) is 6. The molecular formula is C26H23N3O5S. The fourth-order valence-corrected chi connectivity index (χ4v) is 4.49. The van der Waals surface area contributed by atoms with Crippen molar-refractivity contribution >= 4 is 27.3 Å². The molecule has 1 amide bonds. The van der Waals surface area contributed by atoms with Crippen molar-refractivity contribution in [2.75, 3.05) is 23.8 Å². The minimum absolute atomic E-state index is 0.0181. The number of anilines is 2. The van der Waals surface area contributed by atoms with E-state index < -0.39 is 15.9 Å². The van der Waals surface area contributed by atoms with E-state index in [0.29, 0.717) is 22.9 Å². The van der Waals surface area contributed by atoms with Gasteiger partial charge in [0, 0.05) is 18.8 Å². The monoisotopic (exact) mass is 489 g/mol. The molecule has 8 nitrogen and oxygen atoms in total. The van der Waals surface area contributed by atoms with Crippen LogP contribution in [0.4, 0.5) is 11.4 Å². The second-order valence-electron chi connectivity index (χ2n) is 7.42. The maximum absolute atomic E-state index is 13.2. The van der Waals surface area contributed by atoms with Crippen LogP contribution >= 0.6 is 0 Å². The molecule has 0 bridgehead atoms. The molecule has 0 spiro atoms. The van der Waals surface area contributed by atoms with Gasteiger partial charge in [-0.1, -0.05) is 24.3 Å². The van der Waals surface area contributed by atoms with Gasteiger partial charge in [-0.05, 0) is 66.7 Å². The quantitative estimate of drug-likeness (QED) is 0.376. The zero-order chi connectivity index (χ0) is 24.8. The molecular weight excluding hydrogens is 466 g/mol. The molecule has 0 atom stereocenters. The number of carbonyl (C=O) groups excluding carboxylic acids is 1. The third kappa shape index (κ3) is 5.42. The molecule has 0 saturated heterocycles. The van der Waals surface area contributed by atoms with E-state index in [4.69, 9.17) is 9.47 Å². The first-order chi connectivity index (χ1) is 16.9. The Morgan fingerprint density at radius 1 is 0.886 bits per heavy atom. The van der Waals surface area contributed by atoms with Crippen LogP contribution < -0.4 is 19.1 Å². The number of pyridine rings is 1. The van der Waals surface area contributed by atoms with Gasteiger partial charge in [0.25, 0.3) is 15.9 Å². The van der Waals surface area contributed by atoms with Crippen LogP contribution in [0.1, 0.15) is 10.4 Å². The van der Waals surface area contributed by atoms with Crippen molar-refractivity contribution in [2.45, 2.75) is 4.90 Å². The van der Waals surface area contributed by atoms with Gasteiger partial charge in [-0.2, -0.15) is 0 Å². The smallest absolute Gasteiger partial charge is 0.264 e. The number of ether oxygens (including phenoxy) is 2. The molecule has 0 aliphatic rings. The Kier molecular flexibility index (Phi) is 6.98. The fraction of sp³-hybridized carbons (Fsp3) is 0.0769.